The third-order valence-electron chi connectivity index (χ3n) is 13.5. The number of carbonyl (C=O) groups excluding carboxylic acids is 3. The standard InChI is InChI=1S/C33H43FO6/c1-18-8-25-24-5-4-22-12-23(35)6-7-29(22,2)32(24,34)26(36)16-30(25,3)33(18,39)27(37)17-40-28(38)31-13-19-9-20(14-31)11-21(10-19)15-31/h6-7,12,18-21,24-26,36,39H,4-5,8-11,13-17H2,1-3H3/t18-,19?,20?,21?,24+,25+,26+,29-,30+,31?,32+,33+/m0/s1. The summed E-state index contributed by atoms with van der Waals surface area (Å²) >= 11 is 0. The zero-order valence-corrected chi connectivity index (χ0v) is 24.0. The number of ether oxygens (including phenoxy) is 1. The summed E-state index contributed by atoms with van der Waals surface area (Å²) in [5.41, 5.74) is -5.82. The molecule has 0 aromatic heterocycles. The molecule has 8 aliphatic rings. The van der Waals surface area contributed by atoms with Crippen molar-refractivity contribution in [2.45, 2.75) is 102 Å². The van der Waals surface area contributed by atoms with Crippen LogP contribution in [0.3, 0.4) is 0 Å². The minimum Gasteiger partial charge on any atom is -0.457 e. The molecule has 7 saturated carbocycles. The molecule has 0 aromatic carbocycles. The van der Waals surface area contributed by atoms with E-state index in [1.165, 1.54) is 31.4 Å². The summed E-state index contributed by atoms with van der Waals surface area (Å²) in [4.78, 5) is 39.4. The van der Waals surface area contributed by atoms with Crippen LogP contribution < -0.4 is 0 Å². The first-order chi connectivity index (χ1) is 18.8. The van der Waals surface area contributed by atoms with Gasteiger partial charge in [0.2, 0.25) is 5.78 Å². The minimum absolute atomic E-state index is 0.0785. The van der Waals surface area contributed by atoms with Crippen molar-refractivity contribution in [3.05, 3.63) is 23.8 Å². The quantitative estimate of drug-likeness (QED) is 0.490. The molecule has 0 aromatic rings. The van der Waals surface area contributed by atoms with Gasteiger partial charge in [0.25, 0.3) is 0 Å². The predicted octanol–water partition coefficient (Wildman–Crippen LogP) is 4.66. The number of carbonyl (C=O) groups is 3. The molecule has 0 heterocycles. The molecule has 0 saturated heterocycles. The lowest BCUT2D eigenvalue weighted by Gasteiger charge is -2.62. The average Bonchev–Trinajstić information content (AvgIpc) is 3.09. The van der Waals surface area contributed by atoms with E-state index in [0.717, 1.165) is 19.3 Å². The SMILES string of the molecule is C[C@H]1C[C@@H]2[C@H]3CCC4=CC(=O)C=C[C@]4(C)[C@]3(F)[C@H](O)C[C@@]2(C)[C@]1(O)C(=O)COC(=O)C12CC3CC(CC(C3)C1)C2. The summed E-state index contributed by atoms with van der Waals surface area (Å²) in [6.45, 7) is 4.92. The average molecular weight is 555 g/mol. The van der Waals surface area contributed by atoms with Crippen LogP contribution >= 0.6 is 0 Å². The van der Waals surface area contributed by atoms with Crippen LogP contribution in [0.25, 0.3) is 0 Å². The van der Waals surface area contributed by atoms with E-state index in [1.807, 2.05) is 13.8 Å². The molecular formula is C33H43FO6. The van der Waals surface area contributed by atoms with Gasteiger partial charge in [0.05, 0.1) is 11.5 Å². The van der Waals surface area contributed by atoms with Crippen LogP contribution in [0.15, 0.2) is 23.8 Å². The lowest BCUT2D eigenvalue weighted by atomic mass is 9.44. The molecule has 0 radical (unpaired) electrons. The van der Waals surface area contributed by atoms with Crippen molar-refractivity contribution in [3.8, 4) is 0 Å². The van der Waals surface area contributed by atoms with Gasteiger partial charge in [-0.2, -0.15) is 0 Å². The van der Waals surface area contributed by atoms with Crippen LogP contribution in [0.1, 0.15) is 85.0 Å². The number of ketones is 2. The van der Waals surface area contributed by atoms with E-state index in [1.54, 1.807) is 13.0 Å². The van der Waals surface area contributed by atoms with Gasteiger partial charge in [-0.3, -0.25) is 14.4 Å². The second-order valence-corrected chi connectivity index (χ2v) is 15.4. The first-order valence-electron chi connectivity index (χ1n) is 15.5. The zero-order chi connectivity index (χ0) is 28.5. The third kappa shape index (κ3) is 3.20. The predicted molar refractivity (Wildman–Crippen MR) is 144 cm³/mol. The maximum atomic E-state index is 17.4. The number of halogens is 1. The molecule has 7 fully saturated rings. The van der Waals surface area contributed by atoms with Crippen molar-refractivity contribution in [2.24, 2.45) is 51.8 Å². The Morgan fingerprint density at radius 1 is 1.02 bits per heavy atom. The molecule has 4 bridgehead atoms. The maximum Gasteiger partial charge on any atom is 0.312 e. The summed E-state index contributed by atoms with van der Waals surface area (Å²) in [7, 11) is 0. The topological polar surface area (TPSA) is 101 Å². The van der Waals surface area contributed by atoms with Crippen molar-refractivity contribution in [3.63, 3.8) is 0 Å². The Bertz CT molecular complexity index is 1200. The molecule has 7 heteroatoms. The van der Waals surface area contributed by atoms with E-state index in [2.05, 4.69) is 0 Å². The van der Waals surface area contributed by atoms with Crippen LogP contribution in [0.2, 0.25) is 0 Å². The summed E-state index contributed by atoms with van der Waals surface area (Å²) in [6.07, 6.45) is 10.5. The number of fused-ring (bicyclic) bond motifs is 5. The molecule has 0 unspecified atom stereocenters. The van der Waals surface area contributed by atoms with Gasteiger partial charge in [-0.15, -0.1) is 0 Å². The number of hydrogen-bond donors (Lipinski definition) is 2. The molecule has 0 amide bonds. The van der Waals surface area contributed by atoms with Crippen molar-refractivity contribution in [2.75, 3.05) is 6.61 Å². The van der Waals surface area contributed by atoms with E-state index >= 15 is 4.39 Å². The van der Waals surface area contributed by atoms with Crippen molar-refractivity contribution in [1.29, 1.82) is 0 Å². The van der Waals surface area contributed by atoms with E-state index in [9.17, 15) is 24.6 Å². The fourth-order valence-corrected chi connectivity index (χ4v) is 11.9. The number of hydrogen-bond acceptors (Lipinski definition) is 6. The van der Waals surface area contributed by atoms with E-state index < -0.39 is 57.8 Å². The molecule has 8 aliphatic carbocycles. The highest BCUT2D eigenvalue weighted by molar-refractivity contribution is 6.01. The summed E-state index contributed by atoms with van der Waals surface area (Å²) in [5.74, 6) is -0.674. The highest BCUT2D eigenvalue weighted by atomic mass is 19.1. The van der Waals surface area contributed by atoms with Crippen LogP contribution in [-0.2, 0) is 19.1 Å². The van der Waals surface area contributed by atoms with Crippen molar-refractivity contribution in [1.82, 2.24) is 0 Å². The molecular weight excluding hydrogens is 511 g/mol. The van der Waals surface area contributed by atoms with Gasteiger partial charge in [0.15, 0.2) is 18.1 Å². The monoisotopic (exact) mass is 554 g/mol. The van der Waals surface area contributed by atoms with Crippen LogP contribution in [0, 0.1) is 51.8 Å². The molecule has 218 valence electrons. The molecule has 40 heavy (non-hydrogen) atoms. The molecule has 0 spiro atoms. The second-order valence-electron chi connectivity index (χ2n) is 15.4. The van der Waals surface area contributed by atoms with Gasteiger partial charge in [0.1, 0.15) is 5.60 Å². The lowest BCUT2D eigenvalue weighted by Crippen LogP contribution is -2.69. The van der Waals surface area contributed by atoms with Crippen LogP contribution in [0.4, 0.5) is 4.39 Å². The van der Waals surface area contributed by atoms with Gasteiger partial charge >= 0.3 is 5.97 Å². The van der Waals surface area contributed by atoms with Gasteiger partial charge in [-0.05, 0) is 113 Å². The number of rotatable bonds is 4. The van der Waals surface area contributed by atoms with Gasteiger partial charge in [0, 0.05) is 16.7 Å². The lowest BCUT2D eigenvalue weighted by molar-refractivity contribution is -0.220. The number of alkyl halides is 1. The second kappa shape index (κ2) is 8.37. The molecule has 0 aliphatic heterocycles. The van der Waals surface area contributed by atoms with Gasteiger partial charge in [-0.25, -0.2) is 4.39 Å². The van der Waals surface area contributed by atoms with Crippen molar-refractivity contribution >= 4 is 17.5 Å². The molecule has 8 atom stereocenters. The number of esters is 1. The zero-order valence-electron chi connectivity index (χ0n) is 24.0. The van der Waals surface area contributed by atoms with E-state index in [-0.39, 0.29) is 24.1 Å². The summed E-state index contributed by atoms with van der Waals surface area (Å²) in [6, 6.07) is 0. The van der Waals surface area contributed by atoms with Crippen molar-refractivity contribution < 1.29 is 33.7 Å². The Balaban J connectivity index is 1.14. The van der Waals surface area contributed by atoms with Gasteiger partial charge < -0.3 is 14.9 Å². The van der Waals surface area contributed by atoms with Crippen LogP contribution in [-0.4, -0.2) is 51.7 Å². The Labute approximate surface area is 235 Å². The minimum atomic E-state index is -2.02. The Kier molecular flexibility index (Phi) is 5.65. The normalized spacial score (nSPS) is 53.9. The van der Waals surface area contributed by atoms with Crippen LogP contribution in [0.5, 0.6) is 0 Å². The smallest absolute Gasteiger partial charge is 0.312 e. The highest BCUT2D eigenvalue weighted by Gasteiger charge is 2.75. The van der Waals surface area contributed by atoms with E-state index in [4.69, 9.17) is 4.74 Å². The number of allylic oxidation sites excluding steroid dienone is 4. The Hall–Kier alpha value is -1.86. The van der Waals surface area contributed by atoms with E-state index in [0.29, 0.717) is 42.6 Å². The Morgan fingerprint density at radius 3 is 2.27 bits per heavy atom. The summed E-state index contributed by atoms with van der Waals surface area (Å²) in [5, 5.41) is 23.7. The Morgan fingerprint density at radius 2 is 1.65 bits per heavy atom. The first-order valence-corrected chi connectivity index (χ1v) is 15.5. The largest absolute Gasteiger partial charge is 0.457 e. The highest BCUT2D eigenvalue weighted by Crippen LogP contribution is 2.70. The molecule has 8 rings (SSSR count). The maximum absolute atomic E-state index is 17.4. The molecule has 2 N–H and O–H groups in total. The number of aliphatic hydroxyl groups is 2. The van der Waals surface area contributed by atoms with Gasteiger partial charge in [-0.1, -0.05) is 25.5 Å². The number of Topliss-reactive ketones (excluding diaryl/α,β-unsaturated/α-hetero) is 1. The summed E-state index contributed by atoms with van der Waals surface area (Å²) < 4.78 is 23.1. The third-order valence-corrected chi connectivity index (χ3v) is 13.5. The fourth-order valence-electron chi connectivity index (χ4n) is 11.9. The first kappa shape index (κ1) is 27.0. The number of aliphatic hydroxyl groups excluding tert-OH is 1. The molecule has 6 nitrogen and oxygen atoms in total. The fraction of sp³-hybridized carbons (Fsp3) is 0.788.